The van der Waals surface area contributed by atoms with Crippen molar-refractivity contribution in [3.63, 3.8) is 0 Å². The van der Waals surface area contributed by atoms with Gasteiger partial charge in [0.05, 0.1) is 5.02 Å². The van der Waals surface area contributed by atoms with Crippen LogP contribution in [-0.4, -0.2) is 9.66 Å². The molecule has 2 rings (SSSR count). The summed E-state index contributed by atoms with van der Waals surface area (Å²) < 4.78 is 14.5. The monoisotopic (exact) mass is 268 g/mol. The van der Waals surface area contributed by atoms with E-state index in [1.54, 1.807) is 6.07 Å². The lowest BCUT2D eigenvalue weighted by atomic mass is 10.1. The summed E-state index contributed by atoms with van der Waals surface area (Å²) in [4.78, 5) is 4.37. The Balaban J connectivity index is 2.50. The molecule has 0 aliphatic carbocycles. The van der Waals surface area contributed by atoms with Crippen molar-refractivity contribution in [2.45, 2.75) is 19.8 Å². The van der Waals surface area contributed by atoms with Gasteiger partial charge in [-0.3, -0.25) is 0 Å². The van der Waals surface area contributed by atoms with E-state index in [2.05, 4.69) is 4.98 Å². The van der Waals surface area contributed by atoms with Gasteiger partial charge in [0, 0.05) is 12.0 Å². The molecule has 0 bridgehead atoms. The van der Waals surface area contributed by atoms with E-state index in [9.17, 15) is 4.39 Å². The van der Waals surface area contributed by atoms with Crippen molar-refractivity contribution in [3.05, 3.63) is 34.9 Å². The first-order chi connectivity index (χ1) is 8.54. The number of imidazole rings is 1. The molecule has 0 saturated carbocycles. The van der Waals surface area contributed by atoms with Crippen molar-refractivity contribution in [2.75, 3.05) is 11.6 Å². The van der Waals surface area contributed by atoms with Gasteiger partial charge in [-0.1, -0.05) is 18.5 Å². The second kappa shape index (κ2) is 4.86. The smallest absolute Gasteiger partial charge is 0.150 e. The molecule has 2 aromatic rings. The summed E-state index contributed by atoms with van der Waals surface area (Å²) in [6.45, 7) is 2.03. The Morgan fingerprint density at radius 1 is 1.44 bits per heavy atom. The van der Waals surface area contributed by atoms with Gasteiger partial charge in [-0.05, 0) is 24.6 Å². The molecular weight excluding hydrogens is 255 g/mol. The quantitative estimate of drug-likeness (QED) is 0.841. The number of halogens is 2. The summed E-state index contributed by atoms with van der Waals surface area (Å²) in [6, 6.07) is 4.35. The number of nitrogen functional groups attached to an aromatic ring is 2. The molecule has 6 heteroatoms. The Morgan fingerprint density at radius 2 is 2.17 bits per heavy atom. The Bertz CT molecular complexity index is 580. The number of benzene rings is 1. The van der Waals surface area contributed by atoms with Crippen molar-refractivity contribution < 1.29 is 4.39 Å². The second-order valence-corrected chi connectivity index (χ2v) is 4.42. The van der Waals surface area contributed by atoms with Crippen molar-refractivity contribution >= 4 is 17.4 Å². The molecule has 4 nitrogen and oxygen atoms in total. The minimum atomic E-state index is -0.472. The number of hydrogen-bond acceptors (Lipinski definition) is 3. The molecule has 1 aromatic carbocycles. The van der Waals surface area contributed by atoms with E-state index in [1.165, 1.54) is 16.8 Å². The molecule has 1 heterocycles. The zero-order valence-corrected chi connectivity index (χ0v) is 10.7. The minimum absolute atomic E-state index is 0.0375. The number of nitrogens with two attached hydrogens (primary N) is 2. The number of hydrogen-bond donors (Lipinski definition) is 2. The number of rotatable bonds is 3. The zero-order valence-electron chi connectivity index (χ0n) is 9.95. The molecule has 4 N–H and O–H groups in total. The van der Waals surface area contributed by atoms with Gasteiger partial charge in [0.2, 0.25) is 0 Å². The minimum Gasteiger partial charge on any atom is -0.382 e. The highest BCUT2D eigenvalue weighted by atomic mass is 35.5. The largest absolute Gasteiger partial charge is 0.382 e. The van der Waals surface area contributed by atoms with Crippen LogP contribution in [0.5, 0.6) is 0 Å². The van der Waals surface area contributed by atoms with Crippen LogP contribution < -0.4 is 11.6 Å². The average Bonchev–Trinajstić information content (AvgIpc) is 2.62. The fourth-order valence-electron chi connectivity index (χ4n) is 1.75. The van der Waals surface area contributed by atoms with Gasteiger partial charge in [0.1, 0.15) is 17.3 Å². The Labute approximate surface area is 109 Å². The van der Waals surface area contributed by atoms with Gasteiger partial charge in [-0.2, -0.15) is 0 Å². The first-order valence-electron chi connectivity index (χ1n) is 5.62. The zero-order chi connectivity index (χ0) is 13.3. The molecule has 0 aliphatic heterocycles. The lowest BCUT2D eigenvalue weighted by Gasteiger charge is -2.02. The topological polar surface area (TPSA) is 69.9 Å². The lowest BCUT2D eigenvalue weighted by Crippen LogP contribution is -2.15. The van der Waals surface area contributed by atoms with Gasteiger partial charge in [-0.15, -0.1) is 0 Å². The van der Waals surface area contributed by atoms with Gasteiger partial charge in [0.25, 0.3) is 0 Å². The molecule has 0 atom stereocenters. The van der Waals surface area contributed by atoms with E-state index >= 15 is 0 Å². The predicted molar refractivity (Wildman–Crippen MR) is 71.2 cm³/mol. The van der Waals surface area contributed by atoms with E-state index in [0.29, 0.717) is 22.9 Å². The third-order valence-corrected chi connectivity index (χ3v) is 2.98. The molecule has 96 valence electrons. The summed E-state index contributed by atoms with van der Waals surface area (Å²) >= 11 is 5.74. The fraction of sp³-hybridized carbons (Fsp3) is 0.250. The van der Waals surface area contributed by atoms with Crippen LogP contribution in [0.3, 0.4) is 0 Å². The highest BCUT2D eigenvalue weighted by Gasteiger charge is 2.15. The van der Waals surface area contributed by atoms with Gasteiger partial charge in [0.15, 0.2) is 5.82 Å². The summed E-state index contributed by atoms with van der Waals surface area (Å²) in [5.41, 5.74) is 7.08. The summed E-state index contributed by atoms with van der Waals surface area (Å²) in [5.74, 6) is 6.39. The first kappa shape index (κ1) is 12.7. The van der Waals surface area contributed by atoms with Crippen molar-refractivity contribution in [2.24, 2.45) is 0 Å². The van der Waals surface area contributed by atoms with Crippen LogP contribution in [0.4, 0.5) is 10.2 Å². The van der Waals surface area contributed by atoms with Crippen LogP contribution in [0, 0.1) is 5.82 Å². The molecule has 0 spiro atoms. The van der Waals surface area contributed by atoms with Crippen molar-refractivity contribution in [3.8, 4) is 11.3 Å². The fourth-order valence-corrected chi connectivity index (χ4v) is 1.93. The van der Waals surface area contributed by atoms with Crippen LogP contribution in [0.15, 0.2) is 18.2 Å². The van der Waals surface area contributed by atoms with E-state index in [-0.39, 0.29) is 5.02 Å². The van der Waals surface area contributed by atoms with Crippen LogP contribution in [0.2, 0.25) is 5.02 Å². The molecule has 1 aromatic heterocycles. The number of aromatic nitrogens is 2. The van der Waals surface area contributed by atoms with Crippen LogP contribution in [0.1, 0.15) is 19.2 Å². The third kappa shape index (κ3) is 2.13. The Kier molecular flexibility index (Phi) is 3.43. The average molecular weight is 269 g/mol. The molecular formula is C12H14ClFN4. The van der Waals surface area contributed by atoms with E-state index in [1.807, 2.05) is 6.92 Å². The first-order valence-corrected chi connectivity index (χ1v) is 6.00. The molecule has 0 fully saturated rings. The van der Waals surface area contributed by atoms with Crippen molar-refractivity contribution in [1.29, 1.82) is 0 Å². The summed E-state index contributed by atoms with van der Waals surface area (Å²) in [6.07, 6.45) is 1.65. The predicted octanol–water partition coefficient (Wildman–Crippen LogP) is 2.59. The van der Waals surface area contributed by atoms with Crippen LogP contribution in [-0.2, 0) is 6.42 Å². The lowest BCUT2D eigenvalue weighted by molar-refractivity contribution is 0.628. The molecule has 0 saturated heterocycles. The maximum absolute atomic E-state index is 13.1. The van der Waals surface area contributed by atoms with E-state index in [4.69, 9.17) is 23.2 Å². The second-order valence-electron chi connectivity index (χ2n) is 4.01. The van der Waals surface area contributed by atoms with Crippen LogP contribution in [0.25, 0.3) is 11.3 Å². The molecule has 0 radical (unpaired) electrons. The normalized spacial score (nSPS) is 10.8. The van der Waals surface area contributed by atoms with Crippen molar-refractivity contribution in [1.82, 2.24) is 9.66 Å². The number of anilines is 1. The van der Waals surface area contributed by atoms with Crippen LogP contribution >= 0.6 is 11.6 Å². The van der Waals surface area contributed by atoms with E-state index < -0.39 is 5.82 Å². The summed E-state index contributed by atoms with van der Waals surface area (Å²) in [7, 11) is 0. The highest BCUT2D eigenvalue weighted by molar-refractivity contribution is 6.31. The third-order valence-electron chi connectivity index (χ3n) is 2.69. The SMILES string of the molecule is CCCc1nc(-c2ccc(F)c(Cl)c2)c(N)n1N. The maximum Gasteiger partial charge on any atom is 0.150 e. The Morgan fingerprint density at radius 3 is 2.78 bits per heavy atom. The maximum atomic E-state index is 13.1. The standard InChI is InChI=1S/C12H14ClFN4/c1-2-3-10-17-11(12(15)18(10)16)7-4-5-9(14)8(13)6-7/h4-6H,2-3,15-16H2,1H3. The molecule has 18 heavy (non-hydrogen) atoms. The number of nitrogens with zero attached hydrogens (tertiary/aromatic N) is 2. The molecule has 0 amide bonds. The summed E-state index contributed by atoms with van der Waals surface area (Å²) in [5, 5.41) is 0.0375. The molecule has 0 unspecified atom stereocenters. The van der Waals surface area contributed by atoms with Gasteiger partial charge >= 0.3 is 0 Å². The van der Waals surface area contributed by atoms with Gasteiger partial charge < -0.3 is 11.6 Å². The van der Waals surface area contributed by atoms with E-state index in [0.717, 1.165) is 12.8 Å². The Hall–Kier alpha value is -1.75. The number of aryl methyl sites for hydroxylation is 1. The molecule has 0 aliphatic rings. The highest BCUT2D eigenvalue weighted by Crippen LogP contribution is 2.28. The van der Waals surface area contributed by atoms with Gasteiger partial charge in [-0.25, -0.2) is 14.1 Å².